The Morgan fingerprint density at radius 2 is 1.75 bits per heavy atom. The zero-order chi connectivity index (χ0) is 11.8. The summed E-state index contributed by atoms with van der Waals surface area (Å²) in [5, 5.41) is 0. The van der Waals surface area contributed by atoms with Gasteiger partial charge in [0.2, 0.25) is 11.8 Å². The zero-order valence-electron chi connectivity index (χ0n) is 9.67. The number of carbonyl (C=O) groups excluding carboxylic acids is 2. The fourth-order valence-electron chi connectivity index (χ4n) is 3.05. The highest BCUT2D eigenvalue weighted by Crippen LogP contribution is 2.47. The summed E-state index contributed by atoms with van der Waals surface area (Å²) < 4.78 is 0. The lowest BCUT2D eigenvalue weighted by Gasteiger charge is -2.39. The molecule has 0 unspecified atom stereocenters. The molecule has 2 aliphatic rings. The number of piperidine rings is 1. The summed E-state index contributed by atoms with van der Waals surface area (Å²) in [4.78, 5) is 25.4. The average molecular weight is 244 g/mol. The van der Waals surface area contributed by atoms with E-state index in [1.807, 2.05) is 6.92 Å². The molecular formula is C12H18ClNO2. The van der Waals surface area contributed by atoms with Crippen LogP contribution in [0, 0.1) is 5.41 Å². The van der Waals surface area contributed by atoms with Gasteiger partial charge in [0.1, 0.15) is 0 Å². The molecule has 1 saturated heterocycles. The minimum Gasteiger partial charge on any atom is -0.279 e. The number of likely N-dealkylation sites (tertiary alicyclic amines) is 1. The van der Waals surface area contributed by atoms with Gasteiger partial charge >= 0.3 is 0 Å². The van der Waals surface area contributed by atoms with Crippen molar-refractivity contribution in [2.45, 2.75) is 51.5 Å². The number of halogens is 1. The maximum Gasteiger partial charge on any atom is 0.230 e. The van der Waals surface area contributed by atoms with E-state index >= 15 is 0 Å². The molecule has 0 radical (unpaired) electrons. The van der Waals surface area contributed by atoms with E-state index in [1.54, 1.807) is 0 Å². The molecule has 4 heteroatoms. The summed E-state index contributed by atoms with van der Waals surface area (Å²) in [6.45, 7) is 1.83. The van der Waals surface area contributed by atoms with Gasteiger partial charge in [0, 0.05) is 18.7 Å². The predicted octanol–water partition coefficient (Wildman–Crippen LogP) is 2.32. The van der Waals surface area contributed by atoms with Crippen LogP contribution in [0.25, 0.3) is 0 Å². The Labute approximate surface area is 101 Å². The Balaban J connectivity index is 2.13. The van der Waals surface area contributed by atoms with E-state index in [-0.39, 0.29) is 23.3 Å². The van der Waals surface area contributed by atoms with E-state index < -0.39 is 0 Å². The summed E-state index contributed by atoms with van der Waals surface area (Å²) >= 11 is 5.72. The van der Waals surface area contributed by atoms with Crippen molar-refractivity contribution in [2.75, 3.05) is 5.88 Å². The van der Waals surface area contributed by atoms with Gasteiger partial charge in [0.15, 0.2) is 0 Å². The number of rotatable bonds is 2. The van der Waals surface area contributed by atoms with Crippen molar-refractivity contribution < 1.29 is 9.59 Å². The van der Waals surface area contributed by atoms with Crippen LogP contribution < -0.4 is 0 Å². The number of nitrogens with zero attached hydrogens (tertiary/aromatic N) is 1. The van der Waals surface area contributed by atoms with Crippen LogP contribution in [0.5, 0.6) is 0 Å². The van der Waals surface area contributed by atoms with Crippen LogP contribution in [0.4, 0.5) is 0 Å². The molecule has 1 aliphatic carbocycles. The fourth-order valence-corrected chi connectivity index (χ4v) is 3.19. The van der Waals surface area contributed by atoms with Gasteiger partial charge in [-0.2, -0.15) is 0 Å². The van der Waals surface area contributed by atoms with Gasteiger partial charge in [-0.3, -0.25) is 14.5 Å². The van der Waals surface area contributed by atoms with Gasteiger partial charge in [-0.1, -0.05) is 12.8 Å². The van der Waals surface area contributed by atoms with Crippen LogP contribution in [0.1, 0.15) is 45.4 Å². The van der Waals surface area contributed by atoms with Crippen LogP contribution in [-0.2, 0) is 9.59 Å². The Kier molecular flexibility index (Phi) is 3.24. The first-order valence-electron chi connectivity index (χ1n) is 5.99. The summed E-state index contributed by atoms with van der Waals surface area (Å²) in [5.41, 5.74) is -0.00327. The van der Waals surface area contributed by atoms with Crippen LogP contribution >= 0.6 is 11.6 Å². The number of imide groups is 1. The van der Waals surface area contributed by atoms with Gasteiger partial charge in [-0.05, 0) is 25.2 Å². The number of hydrogen-bond acceptors (Lipinski definition) is 2. The molecule has 16 heavy (non-hydrogen) atoms. The van der Waals surface area contributed by atoms with Crippen molar-refractivity contribution in [1.82, 2.24) is 4.90 Å². The molecule has 0 aromatic rings. The van der Waals surface area contributed by atoms with Crippen molar-refractivity contribution in [3.8, 4) is 0 Å². The van der Waals surface area contributed by atoms with Crippen molar-refractivity contribution in [2.24, 2.45) is 5.41 Å². The molecule has 1 saturated carbocycles. The molecule has 2 amide bonds. The lowest BCUT2D eigenvalue weighted by Crippen LogP contribution is -2.51. The monoisotopic (exact) mass is 243 g/mol. The molecule has 2 rings (SSSR count). The molecule has 1 aliphatic heterocycles. The second-order valence-corrected chi connectivity index (χ2v) is 5.53. The quantitative estimate of drug-likeness (QED) is 0.551. The maximum absolute atomic E-state index is 12.0. The minimum absolute atomic E-state index is 0.00327. The highest BCUT2D eigenvalue weighted by atomic mass is 35.5. The third kappa shape index (κ3) is 1.97. The molecule has 1 atom stereocenters. The van der Waals surface area contributed by atoms with E-state index in [1.165, 1.54) is 4.90 Å². The summed E-state index contributed by atoms with van der Waals surface area (Å²) in [5.74, 6) is 0.280. The van der Waals surface area contributed by atoms with Crippen LogP contribution in [-0.4, -0.2) is 28.6 Å². The van der Waals surface area contributed by atoms with Crippen molar-refractivity contribution in [3.05, 3.63) is 0 Å². The smallest absolute Gasteiger partial charge is 0.230 e. The molecule has 0 aromatic heterocycles. The lowest BCUT2D eigenvalue weighted by atomic mass is 9.76. The molecule has 0 aromatic carbocycles. The Morgan fingerprint density at radius 1 is 1.25 bits per heavy atom. The van der Waals surface area contributed by atoms with Gasteiger partial charge in [-0.25, -0.2) is 0 Å². The Bertz CT molecular complexity index is 290. The van der Waals surface area contributed by atoms with E-state index in [0.717, 1.165) is 25.7 Å². The second-order valence-electron chi connectivity index (χ2n) is 5.22. The van der Waals surface area contributed by atoms with Gasteiger partial charge < -0.3 is 0 Å². The van der Waals surface area contributed by atoms with E-state index in [2.05, 4.69) is 0 Å². The molecule has 3 nitrogen and oxygen atoms in total. The summed E-state index contributed by atoms with van der Waals surface area (Å²) in [6, 6.07) is -0.166. The van der Waals surface area contributed by atoms with Gasteiger partial charge in [0.25, 0.3) is 0 Å². The predicted molar refractivity (Wildman–Crippen MR) is 62.2 cm³/mol. The third-order valence-electron chi connectivity index (χ3n) is 3.92. The normalized spacial score (nSPS) is 26.5. The van der Waals surface area contributed by atoms with E-state index in [4.69, 9.17) is 11.6 Å². The Hall–Kier alpha value is -0.570. The van der Waals surface area contributed by atoms with Crippen molar-refractivity contribution in [3.63, 3.8) is 0 Å². The minimum atomic E-state index is -0.166. The molecular weight excluding hydrogens is 226 g/mol. The molecule has 2 fully saturated rings. The topological polar surface area (TPSA) is 37.4 Å². The molecule has 1 heterocycles. The molecule has 0 bridgehead atoms. The first-order chi connectivity index (χ1) is 7.58. The van der Waals surface area contributed by atoms with Crippen molar-refractivity contribution in [1.29, 1.82) is 0 Å². The van der Waals surface area contributed by atoms with Crippen LogP contribution in [0.3, 0.4) is 0 Å². The average Bonchev–Trinajstić information content (AvgIpc) is 2.64. The van der Waals surface area contributed by atoms with Crippen molar-refractivity contribution >= 4 is 23.4 Å². The standard InChI is InChI=1S/C12H18ClNO2/c1-9(8-13)14-10(15)6-12(7-11(14)16)4-2-3-5-12/h9H,2-8H2,1H3/t9-/m1/s1. The van der Waals surface area contributed by atoms with E-state index in [9.17, 15) is 9.59 Å². The SMILES string of the molecule is C[C@H](CCl)N1C(=O)CC2(CCCC2)CC1=O. The van der Waals surface area contributed by atoms with Gasteiger partial charge in [0.05, 0.1) is 6.04 Å². The van der Waals surface area contributed by atoms with Crippen LogP contribution in [0.15, 0.2) is 0 Å². The summed E-state index contributed by atoms with van der Waals surface area (Å²) in [7, 11) is 0. The first-order valence-corrected chi connectivity index (χ1v) is 6.52. The third-order valence-corrected chi connectivity index (χ3v) is 4.36. The number of amides is 2. The zero-order valence-corrected chi connectivity index (χ0v) is 10.4. The van der Waals surface area contributed by atoms with E-state index in [0.29, 0.717) is 18.7 Å². The number of carbonyl (C=O) groups is 2. The molecule has 0 N–H and O–H groups in total. The fraction of sp³-hybridized carbons (Fsp3) is 0.833. The highest BCUT2D eigenvalue weighted by molar-refractivity contribution is 6.18. The summed E-state index contributed by atoms with van der Waals surface area (Å²) in [6.07, 6.45) is 5.47. The number of alkyl halides is 1. The van der Waals surface area contributed by atoms with Gasteiger partial charge in [-0.15, -0.1) is 11.6 Å². The highest BCUT2D eigenvalue weighted by Gasteiger charge is 2.45. The second kappa shape index (κ2) is 4.36. The maximum atomic E-state index is 12.0. The largest absolute Gasteiger partial charge is 0.279 e. The molecule has 1 spiro atoms. The number of hydrogen-bond donors (Lipinski definition) is 0. The first kappa shape index (κ1) is 11.9. The lowest BCUT2D eigenvalue weighted by molar-refractivity contribution is -0.155. The molecule has 90 valence electrons. The van der Waals surface area contributed by atoms with Crippen LogP contribution in [0.2, 0.25) is 0 Å². The Morgan fingerprint density at radius 3 is 2.19 bits per heavy atom.